The number of nitrogens with one attached hydrogen (secondary N) is 2. The fourth-order valence-electron chi connectivity index (χ4n) is 3.58. The van der Waals surface area contributed by atoms with Crippen molar-refractivity contribution in [3.05, 3.63) is 77.6 Å². The highest BCUT2D eigenvalue weighted by Crippen LogP contribution is 2.27. The smallest absolute Gasteiger partial charge is 0.228 e. The second kappa shape index (κ2) is 10.8. The number of amides is 1. The Balaban J connectivity index is 1.47. The lowest BCUT2D eigenvalue weighted by Crippen LogP contribution is -2.37. The summed E-state index contributed by atoms with van der Waals surface area (Å²) >= 11 is 0. The summed E-state index contributed by atoms with van der Waals surface area (Å²) in [4.78, 5) is 19.6. The number of carbonyl (C=O) groups excluding carboxylic acids is 1. The van der Waals surface area contributed by atoms with Crippen LogP contribution in [0.15, 0.2) is 60.7 Å². The highest BCUT2D eigenvalue weighted by molar-refractivity contribution is 5.95. The lowest BCUT2D eigenvalue weighted by Gasteiger charge is -2.29. The van der Waals surface area contributed by atoms with Crippen LogP contribution in [0.4, 0.5) is 21.7 Å². The number of benzene rings is 2. The van der Waals surface area contributed by atoms with Crippen molar-refractivity contribution in [1.82, 2.24) is 4.98 Å². The fourth-order valence-corrected chi connectivity index (χ4v) is 3.58. The van der Waals surface area contributed by atoms with E-state index >= 15 is 0 Å². The summed E-state index contributed by atoms with van der Waals surface area (Å²) in [6, 6.07) is 17.5. The minimum atomic E-state index is -0.263. The molecule has 1 aliphatic rings. The zero-order chi connectivity index (χ0) is 23.0. The maximum atomic E-state index is 13.1. The maximum absolute atomic E-state index is 13.1. The van der Waals surface area contributed by atoms with Gasteiger partial charge in [-0.1, -0.05) is 24.3 Å². The van der Waals surface area contributed by atoms with Gasteiger partial charge in [-0.15, -0.1) is 0 Å². The molecule has 2 heterocycles. The Hall–Kier alpha value is -3.65. The molecule has 172 valence electrons. The van der Waals surface area contributed by atoms with Gasteiger partial charge in [-0.3, -0.25) is 4.79 Å². The second-order valence-corrected chi connectivity index (χ2v) is 7.72. The molecule has 4 rings (SSSR count). The number of hydrogen-bond acceptors (Lipinski definition) is 6. The number of morpholine rings is 1. The zero-order valence-electron chi connectivity index (χ0n) is 18.5. The van der Waals surface area contributed by atoms with Crippen LogP contribution in [0.3, 0.4) is 0 Å². The van der Waals surface area contributed by atoms with Crippen molar-refractivity contribution >= 4 is 23.2 Å². The van der Waals surface area contributed by atoms with E-state index in [1.54, 1.807) is 19.2 Å². The Labute approximate surface area is 192 Å². The number of anilines is 3. The van der Waals surface area contributed by atoms with Crippen LogP contribution in [0.1, 0.15) is 11.1 Å². The van der Waals surface area contributed by atoms with Gasteiger partial charge in [-0.25, -0.2) is 9.37 Å². The lowest BCUT2D eigenvalue weighted by atomic mass is 10.1. The van der Waals surface area contributed by atoms with Gasteiger partial charge in [0.1, 0.15) is 17.4 Å². The monoisotopic (exact) mass is 450 g/mol. The van der Waals surface area contributed by atoms with E-state index in [1.807, 2.05) is 36.4 Å². The first-order valence-electron chi connectivity index (χ1n) is 10.9. The normalized spacial score (nSPS) is 13.5. The van der Waals surface area contributed by atoms with Crippen molar-refractivity contribution in [3.63, 3.8) is 0 Å². The largest absolute Gasteiger partial charge is 0.497 e. The van der Waals surface area contributed by atoms with E-state index in [-0.39, 0.29) is 18.1 Å². The van der Waals surface area contributed by atoms with Crippen LogP contribution in [-0.2, 0) is 22.5 Å². The number of ether oxygens (including phenoxy) is 2. The molecule has 8 heteroatoms. The maximum Gasteiger partial charge on any atom is 0.228 e. The van der Waals surface area contributed by atoms with Crippen molar-refractivity contribution in [2.75, 3.05) is 48.9 Å². The van der Waals surface area contributed by atoms with E-state index in [1.165, 1.54) is 12.1 Å². The summed E-state index contributed by atoms with van der Waals surface area (Å²) in [5, 5.41) is 6.28. The topological polar surface area (TPSA) is 75.7 Å². The van der Waals surface area contributed by atoms with Crippen molar-refractivity contribution < 1.29 is 18.7 Å². The SMILES string of the molecule is COc1ccc(CC(=O)Nc2ccc(NCc3ccc(F)cc3)nc2N2CCOCC2)cc1. The van der Waals surface area contributed by atoms with E-state index in [0.717, 1.165) is 16.9 Å². The first-order chi connectivity index (χ1) is 16.1. The average molecular weight is 451 g/mol. The van der Waals surface area contributed by atoms with Crippen LogP contribution in [0.2, 0.25) is 0 Å². The number of rotatable bonds is 8. The zero-order valence-corrected chi connectivity index (χ0v) is 18.5. The van der Waals surface area contributed by atoms with Crippen LogP contribution in [0.25, 0.3) is 0 Å². The molecule has 0 unspecified atom stereocenters. The van der Waals surface area contributed by atoms with E-state index in [9.17, 15) is 9.18 Å². The third-order valence-electron chi connectivity index (χ3n) is 5.37. The van der Waals surface area contributed by atoms with Gasteiger partial charge in [0.05, 0.1) is 32.4 Å². The number of pyridine rings is 1. The van der Waals surface area contributed by atoms with Crippen molar-refractivity contribution in [1.29, 1.82) is 0 Å². The van der Waals surface area contributed by atoms with Gasteiger partial charge >= 0.3 is 0 Å². The predicted molar refractivity (Wildman–Crippen MR) is 126 cm³/mol. The Morgan fingerprint density at radius 3 is 2.42 bits per heavy atom. The minimum absolute atomic E-state index is 0.122. The molecule has 1 amide bonds. The molecular formula is C25H27FN4O3. The molecule has 0 bridgehead atoms. The van der Waals surface area contributed by atoms with Crippen LogP contribution in [-0.4, -0.2) is 44.3 Å². The van der Waals surface area contributed by atoms with Gasteiger partial charge in [0.15, 0.2) is 5.82 Å². The molecule has 0 radical (unpaired) electrons. The Morgan fingerprint density at radius 2 is 1.73 bits per heavy atom. The third kappa shape index (κ3) is 6.20. The number of nitrogens with zero attached hydrogens (tertiary/aromatic N) is 2. The van der Waals surface area contributed by atoms with E-state index in [4.69, 9.17) is 14.5 Å². The molecule has 0 saturated carbocycles. The Kier molecular flexibility index (Phi) is 7.36. The molecule has 2 N–H and O–H groups in total. The molecule has 1 saturated heterocycles. The molecule has 1 aliphatic heterocycles. The van der Waals surface area contributed by atoms with Crippen molar-refractivity contribution in [3.8, 4) is 5.75 Å². The Bertz CT molecular complexity index is 1070. The standard InChI is InChI=1S/C25H27FN4O3/c1-32-21-8-4-18(5-9-21)16-24(31)28-22-10-11-23(27-17-19-2-6-20(26)7-3-19)29-25(22)30-12-14-33-15-13-30/h2-11H,12-17H2,1H3,(H,27,29)(H,28,31). The lowest BCUT2D eigenvalue weighted by molar-refractivity contribution is -0.115. The molecule has 3 aromatic rings. The van der Waals surface area contributed by atoms with Crippen LogP contribution < -0.4 is 20.3 Å². The van der Waals surface area contributed by atoms with Gasteiger partial charge < -0.3 is 25.0 Å². The van der Waals surface area contributed by atoms with Gasteiger partial charge in [-0.2, -0.15) is 0 Å². The number of hydrogen-bond donors (Lipinski definition) is 2. The number of aromatic nitrogens is 1. The molecule has 0 aliphatic carbocycles. The molecule has 1 aromatic heterocycles. The molecule has 1 fully saturated rings. The summed E-state index contributed by atoms with van der Waals surface area (Å²) in [6.45, 7) is 3.10. The number of methoxy groups -OCH3 is 1. The summed E-state index contributed by atoms with van der Waals surface area (Å²) in [7, 11) is 1.61. The van der Waals surface area contributed by atoms with Crippen LogP contribution in [0.5, 0.6) is 5.75 Å². The second-order valence-electron chi connectivity index (χ2n) is 7.72. The Morgan fingerprint density at radius 1 is 1.03 bits per heavy atom. The molecule has 2 aromatic carbocycles. The van der Waals surface area contributed by atoms with E-state index in [0.29, 0.717) is 50.2 Å². The third-order valence-corrected chi connectivity index (χ3v) is 5.37. The van der Waals surface area contributed by atoms with Gasteiger partial charge in [-0.05, 0) is 47.5 Å². The van der Waals surface area contributed by atoms with Gasteiger partial charge in [0, 0.05) is 19.6 Å². The van der Waals surface area contributed by atoms with Crippen LogP contribution in [0, 0.1) is 5.82 Å². The molecule has 7 nitrogen and oxygen atoms in total. The number of carbonyl (C=O) groups is 1. The average Bonchev–Trinajstić information content (AvgIpc) is 2.85. The first-order valence-corrected chi connectivity index (χ1v) is 10.9. The fraction of sp³-hybridized carbons (Fsp3) is 0.280. The van der Waals surface area contributed by atoms with Gasteiger partial charge in [0.25, 0.3) is 0 Å². The summed E-state index contributed by atoms with van der Waals surface area (Å²) in [6.07, 6.45) is 0.247. The summed E-state index contributed by atoms with van der Waals surface area (Å²) < 4.78 is 23.8. The molecular weight excluding hydrogens is 423 g/mol. The summed E-state index contributed by atoms with van der Waals surface area (Å²) in [5.41, 5.74) is 2.50. The molecule has 0 atom stereocenters. The van der Waals surface area contributed by atoms with E-state index in [2.05, 4.69) is 15.5 Å². The quantitative estimate of drug-likeness (QED) is 0.543. The summed E-state index contributed by atoms with van der Waals surface area (Å²) in [5.74, 6) is 1.74. The predicted octanol–water partition coefficient (Wildman–Crippen LogP) is 3.86. The number of halogens is 1. The first kappa shape index (κ1) is 22.5. The van der Waals surface area contributed by atoms with Crippen molar-refractivity contribution in [2.24, 2.45) is 0 Å². The highest BCUT2D eigenvalue weighted by Gasteiger charge is 2.18. The van der Waals surface area contributed by atoms with Gasteiger partial charge in [0.2, 0.25) is 5.91 Å². The molecule has 0 spiro atoms. The van der Waals surface area contributed by atoms with E-state index < -0.39 is 0 Å². The van der Waals surface area contributed by atoms with Crippen LogP contribution >= 0.6 is 0 Å². The van der Waals surface area contributed by atoms with Crippen molar-refractivity contribution in [2.45, 2.75) is 13.0 Å². The highest BCUT2D eigenvalue weighted by atomic mass is 19.1. The molecule has 33 heavy (non-hydrogen) atoms. The minimum Gasteiger partial charge on any atom is -0.497 e.